The van der Waals surface area contributed by atoms with Crippen molar-refractivity contribution in [3.63, 3.8) is 0 Å². The predicted molar refractivity (Wildman–Crippen MR) is 66.2 cm³/mol. The third-order valence-corrected chi connectivity index (χ3v) is 2.54. The van der Waals surface area contributed by atoms with Crippen LogP contribution in [-0.4, -0.2) is 32.4 Å². The summed E-state index contributed by atoms with van der Waals surface area (Å²) >= 11 is 0. The number of hydrogen-bond donors (Lipinski definition) is 1. The van der Waals surface area contributed by atoms with E-state index >= 15 is 0 Å². The van der Waals surface area contributed by atoms with Crippen molar-refractivity contribution in [2.45, 2.75) is 20.3 Å². The van der Waals surface area contributed by atoms with E-state index in [2.05, 4.69) is 10.1 Å². The maximum atomic E-state index is 11.1. The van der Waals surface area contributed by atoms with Gasteiger partial charge in [-0.05, 0) is 13.3 Å². The molecule has 0 bridgehead atoms. The van der Waals surface area contributed by atoms with Gasteiger partial charge in [0.2, 0.25) is 11.6 Å². The molecule has 0 amide bonds. The lowest BCUT2D eigenvalue weighted by Gasteiger charge is -1.96. The Morgan fingerprint density at radius 2 is 2.26 bits per heavy atom. The summed E-state index contributed by atoms with van der Waals surface area (Å²) in [6.45, 7) is 4.01. The number of aromatic carboxylic acids is 1. The van der Waals surface area contributed by atoms with E-state index in [-0.39, 0.29) is 17.5 Å². The van der Waals surface area contributed by atoms with Crippen molar-refractivity contribution in [3.8, 4) is 17.4 Å². The molecular formula is C12H15N3O4. The van der Waals surface area contributed by atoms with E-state index < -0.39 is 5.97 Å². The normalized spacial score (nSPS) is 10.7. The van der Waals surface area contributed by atoms with Crippen molar-refractivity contribution in [2.75, 3.05) is 6.61 Å². The van der Waals surface area contributed by atoms with Crippen LogP contribution in [0.15, 0.2) is 10.6 Å². The first-order valence-electron chi connectivity index (χ1n) is 5.96. The molecule has 2 rings (SSSR count). The quantitative estimate of drug-likeness (QED) is 0.885. The molecule has 2 aromatic heterocycles. The van der Waals surface area contributed by atoms with Gasteiger partial charge in [0.25, 0.3) is 0 Å². The molecule has 0 aliphatic heterocycles. The molecule has 0 radical (unpaired) electrons. The molecule has 7 heteroatoms. The number of carboxylic acids is 1. The van der Waals surface area contributed by atoms with E-state index in [4.69, 9.17) is 14.3 Å². The smallest absolute Gasteiger partial charge is 0.362 e. The summed E-state index contributed by atoms with van der Waals surface area (Å²) in [6.07, 6.45) is 2.44. The minimum absolute atomic E-state index is 0.0732. The lowest BCUT2D eigenvalue weighted by atomic mass is 10.2. The average molecular weight is 265 g/mol. The Hall–Kier alpha value is -2.31. The highest BCUT2D eigenvalue weighted by atomic mass is 16.6. The first-order chi connectivity index (χ1) is 9.06. The molecule has 0 spiro atoms. The second-order valence-electron chi connectivity index (χ2n) is 3.91. The SMILES string of the molecule is CCOc1oc(-c2cn(C)nc2CC)nc1C(=O)O. The number of carbonyl (C=O) groups is 1. The van der Waals surface area contributed by atoms with E-state index in [1.54, 1.807) is 24.9 Å². The Balaban J connectivity index is 2.50. The van der Waals surface area contributed by atoms with Gasteiger partial charge in [-0.1, -0.05) is 6.92 Å². The van der Waals surface area contributed by atoms with E-state index in [1.807, 2.05) is 6.92 Å². The van der Waals surface area contributed by atoms with Crippen molar-refractivity contribution in [2.24, 2.45) is 7.05 Å². The van der Waals surface area contributed by atoms with Crippen LogP contribution in [0.3, 0.4) is 0 Å². The first kappa shape index (κ1) is 13.1. The topological polar surface area (TPSA) is 90.4 Å². The molecule has 1 N–H and O–H groups in total. The molecule has 102 valence electrons. The van der Waals surface area contributed by atoms with Gasteiger partial charge < -0.3 is 14.3 Å². The predicted octanol–water partition coefficient (Wildman–Crippen LogP) is 1.73. The molecular weight excluding hydrogens is 250 g/mol. The maximum absolute atomic E-state index is 11.1. The van der Waals surface area contributed by atoms with Crippen molar-refractivity contribution in [3.05, 3.63) is 17.6 Å². The lowest BCUT2D eigenvalue weighted by molar-refractivity contribution is 0.0683. The van der Waals surface area contributed by atoms with E-state index in [9.17, 15) is 4.79 Å². The van der Waals surface area contributed by atoms with Crippen LogP contribution in [0.5, 0.6) is 5.95 Å². The Labute approximate surface area is 109 Å². The number of nitrogens with zero attached hydrogens (tertiary/aromatic N) is 3. The molecule has 7 nitrogen and oxygen atoms in total. The van der Waals surface area contributed by atoms with Gasteiger partial charge in [0.05, 0.1) is 17.9 Å². The van der Waals surface area contributed by atoms with Crippen molar-refractivity contribution >= 4 is 5.97 Å². The zero-order valence-electron chi connectivity index (χ0n) is 11.0. The van der Waals surface area contributed by atoms with E-state index in [0.717, 1.165) is 5.69 Å². The van der Waals surface area contributed by atoms with Gasteiger partial charge in [0.15, 0.2) is 0 Å². The van der Waals surface area contributed by atoms with Crippen molar-refractivity contribution < 1.29 is 19.1 Å². The Kier molecular flexibility index (Phi) is 3.55. The molecule has 0 aliphatic carbocycles. The van der Waals surface area contributed by atoms with Gasteiger partial charge in [0.1, 0.15) is 0 Å². The van der Waals surface area contributed by atoms with Crippen molar-refractivity contribution in [1.82, 2.24) is 14.8 Å². The third-order valence-electron chi connectivity index (χ3n) is 2.54. The number of ether oxygens (including phenoxy) is 1. The second-order valence-corrected chi connectivity index (χ2v) is 3.91. The van der Waals surface area contributed by atoms with Crippen LogP contribution in [0.2, 0.25) is 0 Å². The molecule has 2 aromatic rings. The molecule has 0 aromatic carbocycles. The summed E-state index contributed by atoms with van der Waals surface area (Å²) in [5.74, 6) is -1.04. The van der Waals surface area contributed by atoms with Crippen LogP contribution in [0.25, 0.3) is 11.5 Å². The van der Waals surface area contributed by atoms with Gasteiger partial charge in [-0.25, -0.2) is 4.79 Å². The largest absolute Gasteiger partial charge is 0.476 e. The Morgan fingerprint density at radius 3 is 2.84 bits per heavy atom. The van der Waals surface area contributed by atoms with Crippen LogP contribution in [-0.2, 0) is 13.5 Å². The summed E-state index contributed by atoms with van der Waals surface area (Å²) in [5.41, 5.74) is 1.25. The highest BCUT2D eigenvalue weighted by Crippen LogP contribution is 2.29. The van der Waals surface area contributed by atoms with Crippen molar-refractivity contribution in [1.29, 1.82) is 0 Å². The summed E-state index contributed by atoms with van der Waals surface area (Å²) in [5, 5.41) is 13.3. The fraction of sp³-hybridized carbons (Fsp3) is 0.417. The summed E-state index contributed by atoms with van der Waals surface area (Å²) in [4.78, 5) is 15.1. The fourth-order valence-electron chi connectivity index (χ4n) is 1.76. The van der Waals surface area contributed by atoms with Crippen LogP contribution < -0.4 is 4.74 Å². The third kappa shape index (κ3) is 2.44. The molecule has 0 saturated heterocycles. The Morgan fingerprint density at radius 1 is 1.53 bits per heavy atom. The fourth-order valence-corrected chi connectivity index (χ4v) is 1.76. The first-order valence-corrected chi connectivity index (χ1v) is 5.96. The number of carboxylic acid groups (broad SMARTS) is 1. The van der Waals surface area contributed by atoms with Crippen LogP contribution in [0.4, 0.5) is 0 Å². The molecule has 0 aliphatic rings. The standard InChI is InChI=1S/C12H15N3O4/c1-4-8-7(6-15(3)14-8)10-13-9(11(16)17)12(19-10)18-5-2/h6H,4-5H2,1-3H3,(H,16,17). The summed E-state index contributed by atoms with van der Waals surface area (Å²) in [7, 11) is 1.78. The van der Waals surface area contributed by atoms with Crippen LogP contribution in [0.1, 0.15) is 30.0 Å². The van der Waals surface area contributed by atoms with Gasteiger partial charge in [-0.2, -0.15) is 10.1 Å². The number of aryl methyl sites for hydroxylation is 2. The molecule has 0 atom stereocenters. The minimum atomic E-state index is -1.18. The van der Waals surface area contributed by atoms with Crippen LogP contribution >= 0.6 is 0 Å². The summed E-state index contributed by atoms with van der Waals surface area (Å²) < 4.78 is 12.2. The van der Waals surface area contributed by atoms with Gasteiger partial charge in [-0.3, -0.25) is 4.68 Å². The highest BCUT2D eigenvalue weighted by molar-refractivity contribution is 5.88. The van der Waals surface area contributed by atoms with Gasteiger partial charge >= 0.3 is 11.9 Å². The summed E-state index contributed by atoms with van der Waals surface area (Å²) in [6, 6.07) is 0. The number of rotatable bonds is 5. The number of oxazole rings is 1. The molecule has 0 fully saturated rings. The zero-order valence-corrected chi connectivity index (χ0v) is 11.0. The zero-order chi connectivity index (χ0) is 14.0. The minimum Gasteiger partial charge on any atom is -0.476 e. The lowest BCUT2D eigenvalue weighted by Crippen LogP contribution is -2.01. The molecule has 0 saturated carbocycles. The highest BCUT2D eigenvalue weighted by Gasteiger charge is 2.23. The maximum Gasteiger partial charge on any atom is 0.362 e. The van der Waals surface area contributed by atoms with E-state index in [1.165, 1.54) is 0 Å². The monoisotopic (exact) mass is 265 g/mol. The Bertz CT molecular complexity index is 600. The van der Waals surface area contributed by atoms with Gasteiger partial charge in [0, 0.05) is 13.2 Å². The van der Waals surface area contributed by atoms with Crippen LogP contribution in [0, 0.1) is 0 Å². The second kappa shape index (κ2) is 5.13. The van der Waals surface area contributed by atoms with Gasteiger partial charge in [-0.15, -0.1) is 0 Å². The number of aromatic nitrogens is 3. The molecule has 0 unspecified atom stereocenters. The molecule has 19 heavy (non-hydrogen) atoms. The average Bonchev–Trinajstić information content (AvgIpc) is 2.93. The van der Waals surface area contributed by atoms with E-state index in [0.29, 0.717) is 18.6 Å². The number of hydrogen-bond acceptors (Lipinski definition) is 5. The molecule has 2 heterocycles.